The van der Waals surface area contributed by atoms with Crippen molar-refractivity contribution in [2.45, 2.75) is 12.8 Å². The van der Waals surface area contributed by atoms with Crippen molar-refractivity contribution in [3.05, 3.63) is 169 Å². The van der Waals surface area contributed by atoms with Crippen molar-refractivity contribution in [1.29, 1.82) is 0 Å². The number of benzene rings is 7. The molecule has 0 saturated carbocycles. The van der Waals surface area contributed by atoms with Gasteiger partial charge in [-0.2, -0.15) is 0 Å². The summed E-state index contributed by atoms with van der Waals surface area (Å²) in [5.41, 5.74) is 12.8. The van der Waals surface area contributed by atoms with Gasteiger partial charge in [-0.1, -0.05) is 115 Å². The highest BCUT2D eigenvalue weighted by molar-refractivity contribution is 7.26. The zero-order valence-electron chi connectivity index (χ0n) is 29.7. The van der Waals surface area contributed by atoms with Gasteiger partial charge in [0.15, 0.2) is 11.4 Å². The molecular formula is C50H31N3OS. The van der Waals surface area contributed by atoms with E-state index in [0.29, 0.717) is 5.82 Å². The zero-order valence-corrected chi connectivity index (χ0v) is 30.5. The predicted octanol–water partition coefficient (Wildman–Crippen LogP) is 13.8. The minimum Gasteiger partial charge on any atom is -0.454 e. The molecule has 11 aromatic rings. The van der Waals surface area contributed by atoms with Crippen LogP contribution in [0, 0.1) is 0 Å². The third kappa shape index (κ3) is 4.70. The predicted molar refractivity (Wildman–Crippen MR) is 230 cm³/mol. The fraction of sp³-hybridized carbons (Fsp3) is 0.0400. The van der Waals surface area contributed by atoms with E-state index in [9.17, 15) is 0 Å². The topological polar surface area (TPSA) is 43.9 Å². The lowest BCUT2D eigenvalue weighted by atomic mass is 9.99. The second-order valence-electron chi connectivity index (χ2n) is 14.4. The van der Waals surface area contributed by atoms with Crippen molar-refractivity contribution in [1.82, 2.24) is 14.5 Å². The van der Waals surface area contributed by atoms with E-state index in [1.807, 2.05) is 0 Å². The average Bonchev–Trinajstić information content (AvgIpc) is 3.92. The smallest absolute Gasteiger partial charge is 0.160 e. The van der Waals surface area contributed by atoms with Crippen molar-refractivity contribution < 1.29 is 4.42 Å². The lowest BCUT2D eigenvalue weighted by Gasteiger charge is -2.12. The first kappa shape index (κ1) is 30.6. The highest BCUT2D eigenvalue weighted by atomic mass is 32.1. The Balaban J connectivity index is 1.06. The Morgan fingerprint density at radius 1 is 0.582 bits per heavy atom. The summed E-state index contributed by atoms with van der Waals surface area (Å²) in [5.74, 6) is 0.682. The molecule has 0 N–H and O–H groups in total. The maximum atomic E-state index is 6.92. The molecule has 7 aromatic carbocycles. The van der Waals surface area contributed by atoms with E-state index < -0.39 is 0 Å². The summed E-state index contributed by atoms with van der Waals surface area (Å²) in [6.07, 6.45) is 6.65. The molecule has 4 aromatic heterocycles. The Labute approximate surface area is 320 Å². The Morgan fingerprint density at radius 2 is 1.36 bits per heavy atom. The number of rotatable bonds is 4. The number of furan rings is 1. The summed E-state index contributed by atoms with van der Waals surface area (Å²) in [7, 11) is 0. The highest BCUT2D eigenvalue weighted by Gasteiger charge is 2.23. The van der Waals surface area contributed by atoms with Crippen LogP contribution < -0.4 is 0 Å². The number of thiophene rings is 1. The molecule has 0 saturated heterocycles. The number of para-hydroxylation sites is 1. The van der Waals surface area contributed by atoms with E-state index in [4.69, 9.17) is 14.4 Å². The van der Waals surface area contributed by atoms with Gasteiger partial charge in [-0.15, -0.1) is 11.3 Å². The summed E-state index contributed by atoms with van der Waals surface area (Å²) in [4.78, 5) is 10.6. The molecule has 0 unspecified atom stereocenters. The van der Waals surface area contributed by atoms with E-state index in [0.717, 1.165) is 78.5 Å². The number of aromatic nitrogens is 3. The van der Waals surface area contributed by atoms with Gasteiger partial charge in [0.1, 0.15) is 5.58 Å². The number of allylic oxidation sites excluding steroid dienone is 1. The molecule has 0 atom stereocenters. The summed E-state index contributed by atoms with van der Waals surface area (Å²) in [6, 6.07) is 54.1. The number of fused-ring (bicyclic) bond motifs is 10. The number of nitrogens with zero attached hydrogens (tertiary/aromatic N) is 3. The van der Waals surface area contributed by atoms with Crippen LogP contribution in [0.2, 0.25) is 0 Å². The number of hydrogen-bond acceptors (Lipinski definition) is 4. The van der Waals surface area contributed by atoms with Crippen LogP contribution in [-0.4, -0.2) is 14.5 Å². The van der Waals surface area contributed by atoms with Crippen molar-refractivity contribution in [2.24, 2.45) is 0 Å². The van der Waals surface area contributed by atoms with Crippen LogP contribution in [0.25, 0.3) is 109 Å². The van der Waals surface area contributed by atoms with E-state index in [1.54, 1.807) is 11.3 Å². The van der Waals surface area contributed by atoms with Crippen molar-refractivity contribution in [2.75, 3.05) is 0 Å². The van der Waals surface area contributed by atoms with Gasteiger partial charge in [-0.3, -0.25) is 0 Å². The second kappa shape index (κ2) is 11.8. The minimum absolute atomic E-state index is 0.682. The lowest BCUT2D eigenvalue weighted by Crippen LogP contribution is -2.00. The summed E-state index contributed by atoms with van der Waals surface area (Å²) in [5, 5.41) is 7.12. The number of hydrogen-bond donors (Lipinski definition) is 0. The third-order valence-corrected chi connectivity index (χ3v) is 12.4. The van der Waals surface area contributed by atoms with Gasteiger partial charge in [0.05, 0.1) is 27.1 Å². The van der Waals surface area contributed by atoms with Crippen LogP contribution >= 0.6 is 11.3 Å². The van der Waals surface area contributed by atoms with E-state index in [-0.39, 0.29) is 0 Å². The molecule has 0 spiro atoms. The summed E-state index contributed by atoms with van der Waals surface area (Å²) >= 11 is 1.75. The van der Waals surface area contributed by atoms with Gasteiger partial charge >= 0.3 is 0 Å². The first-order valence-electron chi connectivity index (χ1n) is 18.8. The van der Waals surface area contributed by atoms with Gasteiger partial charge in [-0.25, -0.2) is 9.97 Å². The van der Waals surface area contributed by atoms with Gasteiger partial charge in [0, 0.05) is 43.1 Å². The fourth-order valence-electron chi connectivity index (χ4n) is 8.67. The quantitative estimate of drug-likeness (QED) is 0.182. The van der Waals surface area contributed by atoms with Crippen molar-refractivity contribution in [3.8, 4) is 39.5 Å². The zero-order chi connectivity index (χ0) is 36.0. The van der Waals surface area contributed by atoms with E-state index >= 15 is 0 Å². The normalized spacial score (nSPS) is 12.9. The maximum Gasteiger partial charge on any atom is 0.160 e. The van der Waals surface area contributed by atoms with E-state index in [1.165, 1.54) is 43.2 Å². The van der Waals surface area contributed by atoms with Crippen LogP contribution in [0.15, 0.2) is 162 Å². The first-order chi connectivity index (χ1) is 27.2. The summed E-state index contributed by atoms with van der Waals surface area (Å²) < 4.78 is 11.6. The molecule has 55 heavy (non-hydrogen) atoms. The van der Waals surface area contributed by atoms with Crippen LogP contribution in [0.3, 0.4) is 0 Å². The molecule has 1 aliphatic carbocycles. The van der Waals surface area contributed by atoms with Crippen LogP contribution in [0.4, 0.5) is 0 Å². The van der Waals surface area contributed by atoms with Gasteiger partial charge in [0.25, 0.3) is 0 Å². The Hall–Kier alpha value is -6.82. The molecule has 258 valence electrons. The van der Waals surface area contributed by atoms with Crippen LogP contribution in [-0.2, 0) is 6.42 Å². The Bertz CT molecular complexity index is 3380. The maximum absolute atomic E-state index is 6.92. The minimum atomic E-state index is 0.682. The Morgan fingerprint density at radius 3 is 2.29 bits per heavy atom. The number of aryl methyl sites for hydroxylation is 1. The Kier molecular flexibility index (Phi) is 6.59. The highest BCUT2D eigenvalue weighted by Crippen LogP contribution is 2.43. The molecule has 0 fully saturated rings. The van der Waals surface area contributed by atoms with E-state index in [2.05, 4.69) is 168 Å². The molecule has 4 heterocycles. The second-order valence-corrected chi connectivity index (χ2v) is 15.5. The molecule has 0 amide bonds. The summed E-state index contributed by atoms with van der Waals surface area (Å²) in [6.45, 7) is 0. The molecule has 12 rings (SSSR count). The average molecular weight is 722 g/mol. The monoisotopic (exact) mass is 721 g/mol. The molecule has 0 aliphatic heterocycles. The fourth-order valence-corrected chi connectivity index (χ4v) is 9.82. The van der Waals surface area contributed by atoms with Gasteiger partial charge in [-0.05, 0) is 88.8 Å². The first-order valence-corrected chi connectivity index (χ1v) is 19.6. The lowest BCUT2D eigenvalue weighted by molar-refractivity contribution is 0.666. The molecule has 5 heteroatoms. The standard InChI is InChI=1S/C50H31N3OS/c1-2-12-30(13-3-1)31-16-10-17-34(26-31)46-49-47(39-19-7-9-23-45(39)55-49)52-50(51-46)35-24-25-37-38-20-11-22-42(48(38)54-44(37)29-35)53-41-21-8-6-18-36(41)40-27-32-14-4-5-15-33(32)28-43(40)53/h1-5,7-17,19-29H,6,18H2. The third-order valence-electron chi connectivity index (χ3n) is 11.3. The molecule has 0 radical (unpaired) electrons. The molecule has 1 aliphatic rings. The van der Waals surface area contributed by atoms with Gasteiger partial charge in [0.2, 0.25) is 0 Å². The SMILES string of the molecule is C1=Cc2c(c3cc4ccccc4cc3n2-c2cccc3c2oc2cc(-c4nc(-c5cccc(-c6ccccc6)c5)c5sc6ccccc6c5n4)ccc23)CC1. The van der Waals surface area contributed by atoms with Crippen LogP contribution in [0.1, 0.15) is 17.7 Å². The van der Waals surface area contributed by atoms with Crippen molar-refractivity contribution in [3.63, 3.8) is 0 Å². The van der Waals surface area contributed by atoms with Crippen LogP contribution in [0.5, 0.6) is 0 Å². The van der Waals surface area contributed by atoms with Crippen molar-refractivity contribution >= 4 is 81.3 Å². The van der Waals surface area contributed by atoms with Gasteiger partial charge < -0.3 is 8.98 Å². The molecular weight excluding hydrogens is 691 g/mol. The molecule has 4 nitrogen and oxygen atoms in total. The molecule has 0 bridgehead atoms. The largest absolute Gasteiger partial charge is 0.454 e.